The van der Waals surface area contributed by atoms with Crippen molar-refractivity contribution < 1.29 is 42.2 Å². The maximum atomic E-state index is 14.0. The summed E-state index contributed by atoms with van der Waals surface area (Å²) in [5.41, 5.74) is 5.74. The van der Waals surface area contributed by atoms with Crippen LogP contribution in [-0.4, -0.2) is 106 Å². The number of alkyl halides is 2. The number of alkyl carbamates (subject to hydrolysis) is 2. The number of aromatic amines is 2. The highest BCUT2D eigenvalue weighted by Crippen LogP contribution is 2.58. The van der Waals surface area contributed by atoms with Gasteiger partial charge in [0, 0.05) is 24.6 Å². The number of H-pyrrole nitrogens is 2. The van der Waals surface area contributed by atoms with Gasteiger partial charge in [-0.15, -0.1) is 0 Å². The molecule has 17 heteroatoms. The monoisotopic (exact) mass is 892 g/mol. The Hall–Kier alpha value is -6.36. The second kappa shape index (κ2) is 17.9. The van der Waals surface area contributed by atoms with Crippen molar-refractivity contribution in [3.05, 3.63) is 84.7 Å². The third kappa shape index (κ3) is 8.89. The molecule has 342 valence electrons. The van der Waals surface area contributed by atoms with Gasteiger partial charge in [-0.2, -0.15) is 8.78 Å². The molecule has 2 aliphatic carbocycles. The van der Waals surface area contributed by atoms with Gasteiger partial charge >= 0.3 is 18.8 Å². The van der Waals surface area contributed by atoms with Gasteiger partial charge in [0.25, 0.3) is 0 Å². The second-order valence-corrected chi connectivity index (χ2v) is 18.3. The summed E-state index contributed by atoms with van der Waals surface area (Å²) in [5.74, 6) is 0.915. The first-order valence-corrected chi connectivity index (χ1v) is 22.3. The van der Waals surface area contributed by atoms with E-state index in [0.29, 0.717) is 12.4 Å². The number of amides is 4. The maximum absolute atomic E-state index is 14.0. The Morgan fingerprint density at radius 2 is 1.42 bits per heavy atom. The molecule has 4 heterocycles. The van der Waals surface area contributed by atoms with Gasteiger partial charge in [-0.1, -0.05) is 62.4 Å². The molecule has 15 nitrogen and oxygen atoms in total. The van der Waals surface area contributed by atoms with Crippen LogP contribution in [0.15, 0.2) is 73.1 Å². The van der Waals surface area contributed by atoms with E-state index in [1.54, 1.807) is 11.1 Å². The molecule has 4 fully saturated rings. The van der Waals surface area contributed by atoms with Crippen LogP contribution < -0.4 is 10.6 Å². The van der Waals surface area contributed by atoms with Crippen LogP contribution in [0.25, 0.3) is 44.4 Å². The van der Waals surface area contributed by atoms with E-state index in [1.165, 1.54) is 14.2 Å². The minimum Gasteiger partial charge on any atom is -0.453 e. The number of benzene rings is 3. The fourth-order valence-corrected chi connectivity index (χ4v) is 10.2. The van der Waals surface area contributed by atoms with Gasteiger partial charge in [-0.05, 0) is 95.4 Å². The summed E-state index contributed by atoms with van der Waals surface area (Å²) in [5, 5.41) is 7.39. The molecule has 0 radical (unpaired) electrons. The summed E-state index contributed by atoms with van der Waals surface area (Å²) in [6.45, 7) is 1.07. The summed E-state index contributed by atoms with van der Waals surface area (Å²) < 4.78 is 39.5. The largest absolute Gasteiger partial charge is 0.453 e. The Bertz CT molecular complexity index is 2570. The average molecular weight is 893 g/mol. The number of aromatic nitrogens is 4. The van der Waals surface area contributed by atoms with Crippen LogP contribution in [-0.2, 0) is 23.8 Å². The lowest BCUT2D eigenvalue weighted by atomic mass is 9.97. The minimum absolute atomic E-state index is 0.0560. The molecule has 9 rings (SSSR count). The lowest BCUT2D eigenvalue weighted by Crippen LogP contribution is -2.52. The number of carbonyl (C=O) groups is 4. The summed E-state index contributed by atoms with van der Waals surface area (Å²) in [7, 11) is 2.47. The number of rotatable bonds is 14. The molecule has 4 amide bonds. The summed E-state index contributed by atoms with van der Waals surface area (Å²) in [4.78, 5) is 72.3. The molecule has 4 N–H and O–H groups in total. The van der Waals surface area contributed by atoms with Gasteiger partial charge < -0.3 is 44.6 Å². The molecule has 4 unspecified atom stereocenters. The Labute approximate surface area is 375 Å². The Morgan fingerprint density at radius 3 is 2.09 bits per heavy atom. The highest BCUT2D eigenvalue weighted by Gasteiger charge is 2.55. The first kappa shape index (κ1) is 43.9. The number of imidazole rings is 2. The molecule has 2 bridgehead atoms. The zero-order valence-corrected chi connectivity index (χ0v) is 36.8. The quantitative estimate of drug-likeness (QED) is 0.0855. The molecule has 2 saturated heterocycles. The molecule has 2 saturated carbocycles. The van der Waals surface area contributed by atoms with Crippen LogP contribution in [0.3, 0.4) is 0 Å². The third-order valence-electron chi connectivity index (χ3n) is 13.9. The highest BCUT2D eigenvalue weighted by molar-refractivity contribution is 5.91. The molecule has 1 spiro atoms. The summed E-state index contributed by atoms with van der Waals surface area (Å²) >= 11 is 0. The zero-order chi connectivity index (χ0) is 45.6. The molecule has 65 heavy (non-hydrogen) atoms. The number of likely N-dealkylation sites (tertiary alicyclic amines) is 2. The minimum atomic E-state index is -2.99. The van der Waals surface area contributed by atoms with Crippen molar-refractivity contribution >= 4 is 34.8 Å². The van der Waals surface area contributed by atoms with E-state index in [4.69, 9.17) is 19.4 Å². The van der Waals surface area contributed by atoms with E-state index >= 15 is 0 Å². The fraction of sp³-hybridized carbons (Fsp3) is 0.458. The summed E-state index contributed by atoms with van der Waals surface area (Å²) in [6.07, 6.45) is 7.49. The number of ether oxygens (including phenoxy) is 3. The lowest BCUT2D eigenvalue weighted by Gasteiger charge is -2.36. The van der Waals surface area contributed by atoms with E-state index in [-0.39, 0.29) is 53.6 Å². The SMILES string of the molecule is COC(=O)NC(C(=O)N1CC2(CC2)C[C@H]1c1ncc(-c2ccc3cc(-c4ccc(-c5cnc(C6C7CCC(C7)N6C(=O)[C@H](CCOC(F)F)NC(=O)OC)[nH]5)cc4)ccc3c2)[nH]1)C(C)C. The van der Waals surface area contributed by atoms with E-state index in [0.717, 1.165) is 88.8 Å². The van der Waals surface area contributed by atoms with Gasteiger partial charge in [0.05, 0.1) is 56.7 Å². The number of hydrogen-bond acceptors (Lipinski definition) is 9. The number of hydrogen-bond donors (Lipinski definition) is 4. The predicted octanol–water partition coefficient (Wildman–Crippen LogP) is 8.13. The first-order chi connectivity index (χ1) is 31.3. The number of carbonyl (C=O) groups excluding carboxylic acids is 4. The first-order valence-electron chi connectivity index (χ1n) is 22.3. The van der Waals surface area contributed by atoms with Crippen LogP contribution >= 0.6 is 0 Å². The van der Waals surface area contributed by atoms with Crippen molar-refractivity contribution in [1.82, 2.24) is 40.4 Å². The predicted molar refractivity (Wildman–Crippen MR) is 236 cm³/mol. The maximum Gasteiger partial charge on any atom is 0.407 e. The Morgan fingerprint density at radius 1 is 0.800 bits per heavy atom. The number of nitrogens with zero attached hydrogens (tertiary/aromatic N) is 4. The summed E-state index contributed by atoms with van der Waals surface area (Å²) in [6, 6.07) is 18.4. The molecular weight excluding hydrogens is 839 g/mol. The van der Waals surface area contributed by atoms with Crippen LogP contribution in [0.4, 0.5) is 18.4 Å². The smallest absolute Gasteiger partial charge is 0.407 e. The Balaban J connectivity index is 0.883. The van der Waals surface area contributed by atoms with E-state index in [1.807, 2.05) is 37.1 Å². The molecule has 5 aromatic rings. The molecule has 2 aromatic heterocycles. The van der Waals surface area contributed by atoms with Gasteiger partial charge in [-0.3, -0.25) is 9.59 Å². The van der Waals surface area contributed by atoms with Crippen molar-refractivity contribution in [3.8, 4) is 33.6 Å². The third-order valence-corrected chi connectivity index (χ3v) is 13.9. The zero-order valence-electron chi connectivity index (χ0n) is 36.8. The topological polar surface area (TPSA) is 184 Å². The molecule has 3 aromatic carbocycles. The normalized spacial score (nSPS) is 21.6. The van der Waals surface area contributed by atoms with Gasteiger partial charge in [0.15, 0.2) is 0 Å². The molecule has 2 aliphatic heterocycles. The lowest BCUT2D eigenvalue weighted by molar-refractivity contribution is -0.144. The van der Waals surface area contributed by atoms with Crippen LogP contribution in [0.1, 0.15) is 82.5 Å². The van der Waals surface area contributed by atoms with Crippen LogP contribution in [0, 0.1) is 17.3 Å². The van der Waals surface area contributed by atoms with E-state index < -0.39 is 37.5 Å². The fourth-order valence-electron chi connectivity index (χ4n) is 10.2. The van der Waals surface area contributed by atoms with Crippen LogP contribution in [0.2, 0.25) is 0 Å². The van der Waals surface area contributed by atoms with E-state index in [9.17, 15) is 28.0 Å². The van der Waals surface area contributed by atoms with Crippen molar-refractivity contribution in [1.29, 1.82) is 0 Å². The number of halogens is 2. The number of fused-ring (bicyclic) bond motifs is 3. The van der Waals surface area contributed by atoms with Crippen molar-refractivity contribution in [3.63, 3.8) is 0 Å². The van der Waals surface area contributed by atoms with Crippen molar-refractivity contribution in [2.75, 3.05) is 27.4 Å². The number of nitrogens with one attached hydrogen (secondary N) is 4. The van der Waals surface area contributed by atoms with E-state index in [2.05, 4.69) is 73.9 Å². The van der Waals surface area contributed by atoms with Gasteiger partial charge in [0.1, 0.15) is 23.7 Å². The second-order valence-electron chi connectivity index (χ2n) is 18.3. The van der Waals surface area contributed by atoms with Crippen LogP contribution in [0.5, 0.6) is 0 Å². The molecule has 6 atom stereocenters. The number of methoxy groups -OCH3 is 2. The van der Waals surface area contributed by atoms with Crippen molar-refractivity contribution in [2.45, 2.75) is 95.6 Å². The number of piperidine rings is 1. The van der Waals surface area contributed by atoms with Gasteiger partial charge in [-0.25, -0.2) is 19.6 Å². The highest BCUT2D eigenvalue weighted by atomic mass is 19.3. The molecular formula is C48H54F2N8O7. The molecule has 4 aliphatic rings. The average Bonchev–Trinajstić information content (AvgIpc) is 3.94. The van der Waals surface area contributed by atoms with Gasteiger partial charge in [0.2, 0.25) is 11.8 Å². The Kier molecular flexibility index (Phi) is 12.1. The standard InChI is InChI=1S/C48H54F2N8O7/c1-26(2)39(56-47(62)64-4)44(60)57-25-48(16-17-48)22-38(57)41-51-24-37(53-41)32-12-11-30-19-29(9-10-31(30)20-32)27-5-7-28(8-6-27)36-23-52-42(54-36)40-33-13-14-34(21-33)58(40)43(59)35(55-46(61)63-3)15-18-65-45(49)50/h5-12,19-20,23-24,26,33-35,38-40,45H,13-18,21-22,25H2,1-4H3,(H,51,53)(H,52,54)(H,55,61)(H,56,62)/t33?,34?,35-,38-,39?,40?/m0/s1. The van der Waals surface area contributed by atoms with Crippen molar-refractivity contribution in [2.24, 2.45) is 17.3 Å².